The van der Waals surface area contributed by atoms with E-state index >= 15 is 0 Å². The molecule has 406 valence electrons. The molecule has 0 saturated carbocycles. The first-order chi connectivity index (χ1) is 34.0. The van der Waals surface area contributed by atoms with Gasteiger partial charge in [-0.1, -0.05) is 32.9 Å². The second-order valence-electron chi connectivity index (χ2n) is 19.8. The Labute approximate surface area is 423 Å². The molecule has 1 amide bonds. The van der Waals surface area contributed by atoms with E-state index in [1.165, 1.54) is 20.2 Å². The van der Waals surface area contributed by atoms with Gasteiger partial charge in [0.05, 0.1) is 42.4 Å². The van der Waals surface area contributed by atoms with E-state index in [9.17, 15) is 39.0 Å². The topological polar surface area (TPSA) is 271 Å². The molecule has 4 N–H and O–H groups in total. The molecule has 1 aromatic heterocycles. The number of aromatic nitrogens is 1. The number of nitrogens with zero attached hydrogens (tertiary/aromatic N) is 3. The maximum atomic E-state index is 14.1. The van der Waals surface area contributed by atoms with E-state index in [-0.39, 0.29) is 50.6 Å². The minimum absolute atomic E-state index is 0.0366. The van der Waals surface area contributed by atoms with Crippen molar-refractivity contribution >= 4 is 42.1 Å². The monoisotopic (exact) mass is 1020 g/mol. The number of likely N-dealkylation sites (N-methyl/N-ethyl adjacent to an activating group) is 2. The number of esters is 4. The predicted octanol–water partition coefficient (Wildman–Crippen LogP) is 3.13. The summed E-state index contributed by atoms with van der Waals surface area (Å²) in [5.41, 5.74) is 4.95. The molecule has 0 aliphatic carbocycles. The number of aliphatic hydroxyl groups is 2. The SMILES string of the molecule is CCC(=O)O[C@@H]1CC(=O)O[C@@H](C/C=C/c2cncc(C(N)=O)c2)CCCN(C)C[C@H](O)[C@H](C)C[C@H](CC=O)[C@H](O[C@@H]2OC(C)[C@@H](O[C@H]3CC(C)(OC(C)=O)[C@@H](OC(=O)CC)C(C)O3)C(N(C)C)C2O)[C@H]1OC. The van der Waals surface area contributed by atoms with Crippen molar-refractivity contribution in [2.75, 3.05) is 41.3 Å². The van der Waals surface area contributed by atoms with Gasteiger partial charge in [-0.2, -0.15) is 0 Å². The largest absolute Gasteiger partial charge is 0.462 e. The van der Waals surface area contributed by atoms with Crippen LogP contribution in [0.15, 0.2) is 24.5 Å². The number of cyclic esters (lactones) is 1. The molecule has 4 heterocycles. The summed E-state index contributed by atoms with van der Waals surface area (Å²) in [6.07, 6.45) is -4.57. The number of hydrogen-bond donors (Lipinski definition) is 3. The van der Waals surface area contributed by atoms with Crippen molar-refractivity contribution in [1.82, 2.24) is 14.8 Å². The Hall–Kier alpha value is -4.45. The van der Waals surface area contributed by atoms with Crippen LogP contribution >= 0.6 is 0 Å². The lowest BCUT2D eigenvalue weighted by atomic mass is 9.82. The van der Waals surface area contributed by atoms with Gasteiger partial charge in [0.2, 0.25) is 5.91 Å². The molecule has 3 aliphatic heterocycles. The number of aliphatic hydroxyl groups excluding tert-OH is 2. The Morgan fingerprint density at radius 3 is 2.31 bits per heavy atom. The normalized spacial score (nSPS) is 34.8. The van der Waals surface area contributed by atoms with Crippen molar-refractivity contribution in [3.63, 3.8) is 0 Å². The van der Waals surface area contributed by atoms with Crippen LogP contribution in [0.3, 0.4) is 0 Å². The number of rotatable bonds is 17. The highest BCUT2D eigenvalue weighted by atomic mass is 16.7. The van der Waals surface area contributed by atoms with Gasteiger partial charge in [-0.05, 0) is 91.2 Å². The van der Waals surface area contributed by atoms with Crippen LogP contribution in [0.2, 0.25) is 0 Å². The lowest BCUT2D eigenvalue weighted by molar-refractivity contribution is -0.344. The molecule has 21 heteroatoms. The Morgan fingerprint density at radius 2 is 1.68 bits per heavy atom. The van der Waals surface area contributed by atoms with Crippen molar-refractivity contribution in [3.05, 3.63) is 35.7 Å². The molecule has 0 aromatic carbocycles. The zero-order valence-electron chi connectivity index (χ0n) is 43.8. The van der Waals surface area contributed by atoms with Crippen LogP contribution < -0.4 is 5.73 Å². The first kappa shape index (κ1) is 60.1. The summed E-state index contributed by atoms with van der Waals surface area (Å²) < 4.78 is 55.8. The predicted molar refractivity (Wildman–Crippen MR) is 259 cm³/mol. The van der Waals surface area contributed by atoms with E-state index in [1.807, 2.05) is 18.9 Å². The lowest BCUT2D eigenvalue weighted by Gasteiger charge is -2.50. The van der Waals surface area contributed by atoms with E-state index in [0.29, 0.717) is 31.2 Å². The molecule has 72 heavy (non-hydrogen) atoms. The second-order valence-corrected chi connectivity index (χ2v) is 19.8. The van der Waals surface area contributed by atoms with Crippen LogP contribution in [-0.4, -0.2) is 188 Å². The first-order valence-corrected chi connectivity index (χ1v) is 25.0. The fraction of sp³-hybridized carbons (Fsp3) is 0.745. The minimum atomic E-state index is -1.46. The van der Waals surface area contributed by atoms with Crippen molar-refractivity contribution < 1.29 is 81.6 Å². The average Bonchev–Trinajstić information content (AvgIpc) is 3.30. The molecule has 3 fully saturated rings. The number of ether oxygens (including phenoxy) is 9. The van der Waals surface area contributed by atoms with Gasteiger partial charge in [0, 0.05) is 65.1 Å². The fourth-order valence-corrected chi connectivity index (χ4v) is 9.89. The van der Waals surface area contributed by atoms with Crippen molar-refractivity contribution in [2.45, 2.75) is 192 Å². The van der Waals surface area contributed by atoms with Gasteiger partial charge in [-0.15, -0.1) is 0 Å². The number of pyridine rings is 1. The van der Waals surface area contributed by atoms with Gasteiger partial charge in [-0.3, -0.25) is 29.0 Å². The van der Waals surface area contributed by atoms with E-state index < -0.39 is 133 Å². The maximum Gasteiger partial charge on any atom is 0.309 e. The number of aldehydes is 1. The Bertz CT molecular complexity index is 1970. The van der Waals surface area contributed by atoms with Crippen LogP contribution in [0.5, 0.6) is 0 Å². The molecule has 5 unspecified atom stereocenters. The Balaban J connectivity index is 1.70. The Kier molecular flexibility index (Phi) is 23.6. The maximum absolute atomic E-state index is 14.1. The number of carbonyl (C=O) groups is 6. The summed E-state index contributed by atoms with van der Waals surface area (Å²) in [5, 5.41) is 24.0. The average molecular weight is 1020 g/mol. The van der Waals surface area contributed by atoms with Crippen molar-refractivity contribution in [2.24, 2.45) is 17.6 Å². The number of β-amino-alcohol motifs (C(OH)–C–C–N with tert-alkyl or cyclic N) is 1. The number of nitrogens with two attached hydrogens (primary N) is 1. The molecule has 4 rings (SSSR count). The molecule has 0 spiro atoms. The van der Waals surface area contributed by atoms with Crippen molar-refractivity contribution in [3.8, 4) is 0 Å². The number of carbonyl (C=O) groups excluding carboxylic acids is 6. The van der Waals surface area contributed by atoms with Crippen LogP contribution in [0.1, 0.15) is 122 Å². The molecule has 0 bridgehead atoms. The van der Waals surface area contributed by atoms with Gasteiger partial charge in [0.1, 0.15) is 36.8 Å². The smallest absolute Gasteiger partial charge is 0.309 e. The standard InChI is InChI=1S/C51H80N4O17/c1-12-39(59)68-38-24-41(61)67-36(17-14-16-33-23-35(49(52)63)27-53-26-33)18-15-20-55(10)28-37(58)29(3)22-34(19-21-56)46(47(38)64-11)71-50-44(62)43(54(8)9)45(30(4)66-50)70-42-25-51(7,72-32(6)57)48(31(5)65-42)69-40(60)13-2/h14,16,21,23,26-27,29-31,34,36-38,42-48,50,58,62H,12-13,15,17-20,22,24-25,28H2,1-11H3,(H2,52,63)/b16-14+/t29-,30?,31?,34+,36+,37+,38-,42+,43?,44?,45-,46+,47+,48+,50+,51?/m1/s1. The molecule has 21 nitrogen and oxygen atoms in total. The highest BCUT2D eigenvalue weighted by Crippen LogP contribution is 2.39. The number of amides is 1. The summed E-state index contributed by atoms with van der Waals surface area (Å²) in [6, 6.07) is 0.747. The van der Waals surface area contributed by atoms with Crippen molar-refractivity contribution in [1.29, 1.82) is 0 Å². The molecule has 1 aromatic rings. The van der Waals surface area contributed by atoms with Gasteiger partial charge >= 0.3 is 23.9 Å². The summed E-state index contributed by atoms with van der Waals surface area (Å²) in [4.78, 5) is 84.3. The number of hydrogen-bond acceptors (Lipinski definition) is 20. The molecule has 3 saturated heterocycles. The van der Waals surface area contributed by atoms with Crippen LogP contribution in [-0.2, 0) is 66.6 Å². The molecular weight excluding hydrogens is 941 g/mol. The van der Waals surface area contributed by atoms with Gasteiger partial charge in [0.15, 0.2) is 24.3 Å². The zero-order valence-corrected chi connectivity index (χ0v) is 43.8. The fourth-order valence-electron chi connectivity index (χ4n) is 9.89. The summed E-state index contributed by atoms with van der Waals surface area (Å²) >= 11 is 0. The van der Waals surface area contributed by atoms with E-state index in [1.54, 1.807) is 78.0 Å². The summed E-state index contributed by atoms with van der Waals surface area (Å²) in [5.74, 6) is -4.24. The molecule has 16 atom stereocenters. The van der Waals surface area contributed by atoms with E-state index in [4.69, 9.17) is 48.4 Å². The van der Waals surface area contributed by atoms with Crippen LogP contribution in [0.4, 0.5) is 0 Å². The highest BCUT2D eigenvalue weighted by molar-refractivity contribution is 5.92. The van der Waals surface area contributed by atoms with Gasteiger partial charge in [-0.25, -0.2) is 0 Å². The highest BCUT2D eigenvalue weighted by Gasteiger charge is 2.54. The minimum Gasteiger partial charge on any atom is -0.462 e. The van der Waals surface area contributed by atoms with E-state index in [0.717, 1.165) is 0 Å². The quantitative estimate of drug-likeness (QED) is 0.115. The zero-order chi connectivity index (χ0) is 53.4. The second kappa shape index (κ2) is 28.3. The van der Waals surface area contributed by atoms with Crippen LogP contribution in [0, 0.1) is 11.8 Å². The molecule has 0 radical (unpaired) electrons. The molecule has 3 aliphatic rings. The van der Waals surface area contributed by atoms with Crippen LogP contribution in [0.25, 0.3) is 6.08 Å². The van der Waals surface area contributed by atoms with E-state index in [2.05, 4.69) is 4.98 Å². The lowest BCUT2D eigenvalue weighted by Crippen LogP contribution is -2.66. The summed E-state index contributed by atoms with van der Waals surface area (Å²) in [7, 11) is 6.71. The number of primary amides is 1. The third-order valence-corrected chi connectivity index (χ3v) is 13.6. The van der Waals surface area contributed by atoms with Gasteiger partial charge in [0.25, 0.3) is 0 Å². The number of methoxy groups -OCH3 is 1. The Morgan fingerprint density at radius 1 is 0.986 bits per heavy atom. The first-order valence-electron chi connectivity index (χ1n) is 25.0. The third kappa shape index (κ3) is 17.1. The molecular formula is C51H80N4O17. The van der Waals surface area contributed by atoms with Gasteiger partial charge < -0.3 is 73.2 Å². The third-order valence-electron chi connectivity index (χ3n) is 13.6. The summed E-state index contributed by atoms with van der Waals surface area (Å²) in [6.45, 7) is 12.2.